The lowest BCUT2D eigenvalue weighted by atomic mass is 9.96. The van der Waals surface area contributed by atoms with E-state index >= 15 is 0 Å². The van der Waals surface area contributed by atoms with Crippen molar-refractivity contribution in [3.8, 4) is 0 Å². The monoisotopic (exact) mass is 243 g/mol. The van der Waals surface area contributed by atoms with Crippen LogP contribution in [0.3, 0.4) is 0 Å². The van der Waals surface area contributed by atoms with Gasteiger partial charge in [-0.05, 0) is 11.5 Å². The van der Waals surface area contributed by atoms with Crippen molar-refractivity contribution in [1.82, 2.24) is 0 Å². The summed E-state index contributed by atoms with van der Waals surface area (Å²) in [5, 5.41) is 11.6. The molecule has 1 rings (SSSR count). The summed E-state index contributed by atoms with van der Waals surface area (Å²) in [6.45, 7) is 6.19. The highest BCUT2D eigenvalue weighted by Crippen LogP contribution is 2.23. The molecule has 1 aromatic rings. The second-order valence-electron chi connectivity index (χ2n) is 5.03. The minimum atomic E-state index is -1.42. The van der Waals surface area contributed by atoms with Gasteiger partial charge in [0.05, 0.1) is 5.69 Å². The van der Waals surface area contributed by atoms with Gasteiger partial charge >= 0.3 is 5.97 Å². The predicted octanol–water partition coefficient (Wildman–Crippen LogP) is 3.12. The van der Waals surface area contributed by atoms with Crippen molar-refractivity contribution in [2.75, 3.05) is 11.9 Å². The van der Waals surface area contributed by atoms with Crippen LogP contribution in [0.5, 0.6) is 0 Å². The third-order valence-electron chi connectivity index (χ3n) is 2.08. The van der Waals surface area contributed by atoms with Gasteiger partial charge in [0.1, 0.15) is 17.2 Å². The Bertz CT molecular complexity index is 439. The van der Waals surface area contributed by atoms with E-state index in [0.29, 0.717) is 12.6 Å². The van der Waals surface area contributed by atoms with Crippen LogP contribution in [-0.2, 0) is 0 Å². The van der Waals surface area contributed by atoms with Gasteiger partial charge < -0.3 is 10.4 Å². The fourth-order valence-electron chi connectivity index (χ4n) is 1.29. The van der Waals surface area contributed by atoms with Crippen LogP contribution in [0.4, 0.5) is 14.5 Å². The molecule has 3 nitrogen and oxygen atoms in total. The lowest BCUT2D eigenvalue weighted by Gasteiger charge is -2.20. The first-order chi connectivity index (χ1) is 7.70. The van der Waals surface area contributed by atoms with E-state index in [-0.39, 0.29) is 11.1 Å². The number of hydrogen-bond donors (Lipinski definition) is 2. The highest BCUT2D eigenvalue weighted by Gasteiger charge is 2.19. The Labute approximate surface area is 98.5 Å². The normalized spacial score (nSPS) is 11.4. The summed E-state index contributed by atoms with van der Waals surface area (Å²) < 4.78 is 26.3. The first kappa shape index (κ1) is 13.4. The Morgan fingerprint density at radius 3 is 2.41 bits per heavy atom. The molecule has 0 aliphatic rings. The van der Waals surface area contributed by atoms with Crippen LogP contribution in [0.25, 0.3) is 0 Å². The van der Waals surface area contributed by atoms with E-state index in [1.54, 1.807) is 0 Å². The maximum Gasteiger partial charge on any atom is 0.340 e. The zero-order valence-corrected chi connectivity index (χ0v) is 9.97. The van der Waals surface area contributed by atoms with Crippen LogP contribution in [0.2, 0.25) is 0 Å². The topological polar surface area (TPSA) is 49.3 Å². The molecule has 0 atom stereocenters. The fraction of sp³-hybridized carbons (Fsp3) is 0.417. The van der Waals surface area contributed by atoms with Gasteiger partial charge in [0.25, 0.3) is 0 Å². The quantitative estimate of drug-likeness (QED) is 0.857. The van der Waals surface area contributed by atoms with Crippen LogP contribution in [0.1, 0.15) is 31.1 Å². The molecule has 0 aromatic heterocycles. The summed E-state index contributed by atoms with van der Waals surface area (Å²) in [5.41, 5.74) is -0.695. The van der Waals surface area contributed by atoms with Crippen molar-refractivity contribution in [2.24, 2.45) is 5.41 Å². The molecule has 0 heterocycles. The van der Waals surface area contributed by atoms with Crippen LogP contribution >= 0.6 is 0 Å². The number of rotatable bonds is 3. The third kappa shape index (κ3) is 3.69. The van der Waals surface area contributed by atoms with Gasteiger partial charge in [-0.1, -0.05) is 20.8 Å². The number of anilines is 1. The number of aromatic carboxylic acids is 1. The lowest BCUT2D eigenvalue weighted by molar-refractivity contribution is 0.0693. The lowest BCUT2D eigenvalue weighted by Crippen LogP contribution is -2.21. The predicted molar refractivity (Wildman–Crippen MR) is 61.3 cm³/mol. The molecule has 0 aliphatic heterocycles. The Morgan fingerprint density at radius 2 is 1.94 bits per heavy atom. The first-order valence-corrected chi connectivity index (χ1v) is 5.17. The second kappa shape index (κ2) is 4.69. The van der Waals surface area contributed by atoms with Crippen LogP contribution in [-0.4, -0.2) is 17.6 Å². The molecule has 2 N–H and O–H groups in total. The van der Waals surface area contributed by atoms with E-state index in [4.69, 9.17) is 5.11 Å². The molecular formula is C12H15F2NO2. The van der Waals surface area contributed by atoms with Crippen molar-refractivity contribution < 1.29 is 18.7 Å². The SMILES string of the molecule is CC(C)(C)CNc1cc(F)cc(F)c1C(=O)O. The molecule has 1 aromatic carbocycles. The van der Waals surface area contributed by atoms with Crippen LogP contribution in [0, 0.1) is 17.0 Å². The summed E-state index contributed by atoms with van der Waals surface area (Å²) >= 11 is 0. The van der Waals surface area contributed by atoms with Crippen molar-refractivity contribution in [1.29, 1.82) is 0 Å². The molecule has 0 aliphatic carbocycles. The van der Waals surface area contributed by atoms with Gasteiger partial charge in [0.2, 0.25) is 0 Å². The molecular weight excluding hydrogens is 228 g/mol. The molecule has 0 unspecified atom stereocenters. The van der Waals surface area contributed by atoms with Crippen LogP contribution in [0.15, 0.2) is 12.1 Å². The smallest absolute Gasteiger partial charge is 0.340 e. The maximum atomic E-state index is 13.3. The number of benzene rings is 1. The Kier molecular flexibility index (Phi) is 3.70. The third-order valence-corrected chi connectivity index (χ3v) is 2.08. The van der Waals surface area contributed by atoms with Gasteiger partial charge in [-0.15, -0.1) is 0 Å². The summed E-state index contributed by atoms with van der Waals surface area (Å²) in [7, 11) is 0. The maximum absolute atomic E-state index is 13.3. The van der Waals surface area contributed by atoms with Gasteiger partial charge in [0, 0.05) is 12.6 Å². The average Bonchev–Trinajstić information content (AvgIpc) is 2.11. The Balaban J connectivity index is 3.09. The molecule has 17 heavy (non-hydrogen) atoms. The number of carbonyl (C=O) groups is 1. The zero-order valence-electron chi connectivity index (χ0n) is 9.97. The standard InChI is InChI=1S/C12H15F2NO2/c1-12(2,3)6-15-9-5-7(13)4-8(14)10(9)11(16)17/h4-5,15H,6H2,1-3H3,(H,16,17). The van der Waals surface area contributed by atoms with E-state index in [1.807, 2.05) is 20.8 Å². The van der Waals surface area contributed by atoms with E-state index in [0.717, 1.165) is 6.07 Å². The fourth-order valence-corrected chi connectivity index (χ4v) is 1.29. The minimum absolute atomic E-state index is 0.0371. The van der Waals surface area contributed by atoms with Crippen molar-refractivity contribution in [3.05, 3.63) is 29.3 Å². The first-order valence-electron chi connectivity index (χ1n) is 5.17. The molecule has 0 saturated heterocycles. The number of carboxylic acids is 1. The molecule has 0 saturated carbocycles. The molecule has 0 fully saturated rings. The summed E-state index contributed by atoms with van der Waals surface area (Å²) in [4.78, 5) is 10.9. The number of carboxylic acid groups (broad SMARTS) is 1. The van der Waals surface area contributed by atoms with Gasteiger partial charge in [-0.25, -0.2) is 13.6 Å². The highest BCUT2D eigenvalue weighted by atomic mass is 19.1. The Morgan fingerprint density at radius 1 is 1.35 bits per heavy atom. The van der Waals surface area contributed by atoms with E-state index in [2.05, 4.69) is 5.32 Å². The van der Waals surface area contributed by atoms with Gasteiger partial charge in [0.15, 0.2) is 0 Å². The average molecular weight is 243 g/mol. The molecule has 0 amide bonds. The van der Waals surface area contributed by atoms with E-state index in [9.17, 15) is 13.6 Å². The molecule has 0 bridgehead atoms. The summed E-state index contributed by atoms with van der Waals surface area (Å²) in [6.07, 6.45) is 0. The van der Waals surface area contributed by atoms with Crippen molar-refractivity contribution in [2.45, 2.75) is 20.8 Å². The van der Waals surface area contributed by atoms with Gasteiger partial charge in [-0.3, -0.25) is 0 Å². The Hall–Kier alpha value is -1.65. The number of nitrogens with one attached hydrogen (secondary N) is 1. The summed E-state index contributed by atoms with van der Waals surface area (Å²) in [5.74, 6) is -3.29. The van der Waals surface area contributed by atoms with Crippen molar-refractivity contribution in [3.63, 3.8) is 0 Å². The number of hydrogen-bond acceptors (Lipinski definition) is 2. The zero-order chi connectivity index (χ0) is 13.2. The summed E-state index contributed by atoms with van der Waals surface area (Å²) in [6, 6.07) is 1.55. The molecule has 5 heteroatoms. The number of halogens is 2. The van der Waals surface area contributed by atoms with Gasteiger partial charge in [-0.2, -0.15) is 0 Å². The van der Waals surface area contributed by atoms with E-state index in [1.165, 1.54) is 0 Å². The molecule has 0 spiro atoms. The largest absolute Gasteiger partial charge is 0.478 e. The minimum Gasteiger partial charge on any atom is -0.478 e. The molecule has 0 radical (unpaired) electrons. The highest BCUT2D eigenvalue weighted by molar-refractivity contribution is 5.94. The molecule has 94 valence electrons. The van der Waals surface area contributed by atoms with Crippen molar-refractivity contribution >= 4 is 11.7 Å². The van der Waals surface area contributed by atoms with Crippen LogP contribution < -0.4 is 5.32 Å². The van der Waals surface area contributed by atoms with E-state index < -0.39 is 23.2 Å². The second-order valence-corrected chi connectivity index (χ2v) is 5.03.